The molecule has 3 atom stereocenters. The standard InChI is InChI=1S/C16H31NO2/c1-4-5-13(2)16(12-17-9-11-18-3)8-10-19-15(16)14-6-7-14/h13-15,17H,4-12H2,1-3H3. The van der Waals surface area contributed by atoms with E-state index in [1.165, 1.54) is 32.1 Å². The number of hydrogen-bond donors (Lipinski definition) is 1. The van der Waals surface area contributed by atoms with Crippen LogP contribution in [-0.2, 0) is 9.47 Å². The van der Waals surface area contributed by atoms with Crippen molar-refractivity contribution in [1.29, 1.82) is 0 Å². The molecular weight excluding hydrogens is 238 g/mol. The predicted molar refractivity (Wildman–Crippen MR) is 78.3 cm³/mol. The maximum atomic E-state index is 6.15. The summed E-state index contributed by atoms with van der Waals surface area (Å²) in [5, 5.41) is 3.62. The van der Waals surface area contributed by atoms with E-state index in [1.807, 2.05) is 0 Å². The van der Waals surface area contributed by atoms with E-state index in [1.54, 1.807) is 7.11 Å². The zero-order valence-electron chi connectivity index (χ0n) is 12.9. The molecule has 3 heteroatoms. The third-order valence-corrected chi connectivity index (χ3v) is 5.12. The summed E-state index contributed by atoms with van der Waals surface area (Å²) in [5.74, 6) is 1.59. The van der Waals surface area contributed by atoms with Crippen molar-refractivity contribution in [2.75, 3.05) is 33.4 Å². The lowest BCUT2D eigenvalue weighted by atomic mass is 9.68. The Morgan fingerprint density at radius 1 is 1.42 bits per heavy atom. The molecule has 2 fully saturated rings. The van der Waals surface area contributed by atoms with Gasteiger partial charge in [-0.25, -0.2) is 0 Å². The molecule has 2 aliphatic rings. The van der Waals surface area contributed by atoms with Crippen molar-refractivity contribution in [2.24, 2.45) is 17.3 Å². The topological polar surface area (TPSA) is 30.5 Å². The molecule has 1 aliphatic heterocycles. The number of ether oxygens (including phenoxy) is 2. The van der Waals surface area contributed by atoms with Crippen molar-refractivity contribution >= 4 is 0 Å². The molecule has 0 amide bonds. The number of rotatable bonds is 9. The highest BCUT2D eigenvalue weighted by atomic mass is 16.5. The first kappa shape index (κ1) is 15.3. The van der Waals surface area contributed by atoms with Gasteiger partial charge in [0.25, 0.3) is 0 Å². The first-order valence-electron chi connectivity index (χ1n) is 8.06. The third-order valence-electron chi connectivity index (χ3n) is 5.12. The molecule has 3 unspecified atom stereocenters. The van der Waals surface area contributed by atoms with Crippen LogP contribution in [-0.4, -0.2) is 39.5 Å². The average Bonchev–Trinajstić information content (AvgIpc) is 3.16. The Morgan fingerprint density at radius 3 is 2.84 bits per heavy atom. The zero-order valence-corrected chi connectivity index (χ0v) is 12.9. The van der Waals surface area contributed by atoms with Gasteiger partial charge < -0.3 is 14.8 Å². The highest BCUT2D eigenvalue weighted by molar-refractivity contribution is 5.02. The number of nitrogens with one attached hydrogen (secondary N) is 1. The lowest BCUT2D eigenvalue weighted by molar-refractivity contribution is 0.000493. The van der Waals surface area contributed by atoms with Crippen LogP contribution in [0.1, 0.15) is 46.0 Å². The van der Waals surface area contributed by atoms with E-state index in [4.69, 9.17) is 9.47 Å². The minimum atomic E-state index is 0.366. The molecule has 19 heavy (non-hydrogen) atoms. The van der Waals surface area contributed by atoms with E-state index in [2.05, 4.69) is 19.2 Å². The molecule has 112 valence electrons. The second-order valence-corrected chi connectivity index (χ2v) is 6.47. The van der Waals surface area contributed by atoms with Crippen LogP contribution in [0.4, 0.5) is 0 Å². The first-order valence-corrected chi connectivity index (χ1v) is 8.06. The van der Waals surface area contributed by atoms with Crippen molar-refractivity contribution in [1.82, 2.24) is 5.32 Å². The van der Waals surface area contributed by atoms with Gasteiger partial charge in [-0.2, -0.15) is 0 Å². The minimum Gasteiger partial charge on any atom is -0.383 e. The van der Waals surface area contributed by atoms with Crippen LogP contribution >= 0.6 is 0 Å². The van der Waals surface area contributed by atoms with Crippen LogP contribution in [0.5, 0.6) is 0 Å². The highest BCUT2D eigenvalue weighted by Gasteiger charge is 2.52. The molecule has 0 aromatic heterocycles. The van der Waals surface area contributed by atoms with E-state index in [0.29, 0.717) is 11.5 Å². The molecule has 0 aromatic carbocycles. The van der Waals surface area contributed by atoms with E-state index in [-0.39, 0.29) is 0 Å². The van der Waals surface area contributed by atoms with Crippen molar-refractivity contribution in [3.05, 3.63) is 0 Å². The molecule has 1 saturated heterocycles. The molecule has 0 spiro atoms. The summed E-state index contributed by atoms with van der Waals surface area (Å²) in [6, 6.07) is 0. The second kappa shape index (κ2) is 7.05. The zero-order chi connectivity index (χ0) is 13.7. The van der Waals surface area contributed by atoms with Gasteiger partial charge in [0.15, 0.2) is 0 Å². The Labute approximate surface area is 118 Å². The average molecular weight is 269 g/mol. The molecule has 2 rings (SSSR count). The van der Waals surface area contributed by atoms with Gasteiger partial charge in [0.2, 0.25) is 0 Å². The fourth-order valence-corrected chi connectivity index (χ4v) is 3.79. The van der Waals surface area contributed by atoms with Crippen LogP contribution in [0, 0.1) is 17.3 Å². The second-order valence-electron chi connectivity index (χ2n) is 6.47. The summed E-state index contributed by atoms with van der Waals surface area (Å²) >= 11 is 0. The normalized spacial score (nSPS) is 32.7. The van der Waals surface area contributed by atoms with Gasteiger partial charge in [-0.05, 0) is 31.1 Å². The summed E-state index contributed by atoms with van der Waals surface area (Å²) in [7, 11) is 1.77. The Morgan fingerprint density at radius 2 is 2.21 bits per heavy atom. The lowest BCUT2D eigenvalue weighted by Gasteiger charge is -2.40. The van der Waals surface area contributed by atoms with Gasteiger partial charge in [0.1, 0.15) is 0 Å². The molecule has 1 saturated carbocycles. The lowest BCUT2D eigenvalue weighted by Crippen LogP contribution is -2.47. The van der Waals surface area contributed by atoms with Crippen molar-refractivity contribution in [3.8, 4) is 0 Å². The maximum Gasteiger partial charge on any atom is 0.0674 e. The van der Waals surface area contributed by atoms with Gasteiger partial charge in [-0.15, -0.1) is 0 Å². The van der Waals surface area contributed by atoms with E-state index >= 15 is 0 Å². The fourth-order valence-electron chi connectivity index (χ4n) is 3.79. The summed E-state index contributed by atoms with van der Waals surface area (Å²) in [4.78, 5) is 0. The number of hydrogen-bond acceptors (Lipinski definition) is 3. The van der Waals surface area contributed by atoms with E-state index in [0.717, 1.165) is 38.1 Å². The van der Waals surface area contributed by atoms with E-state index in [9.17, 15) is 0 Å². The summed E-state index contributed by atoms with van der Waals surface area (Å²) < 4.78 is 11.3. The first-order chi connectivity index (χ1) is 9.24. The molecule has 1 aliphatic carbocycles. The van der Waals surface area contributed by atoms with Crippen LogP contribution in [0.15, 0.2) is 0 Å². The van der Waals surface area contributed by atoms with E-state index < -0.39 is 0 Å². The Balaban J connectivity index is 1.98. The van der Waals surface area contributed by atoms with Gasteiger partial charge in [-0.1, -0.05) is 26.7 Å². The quantitative estimate of drug-likeness (QED) is 0.653. The van der Waals surface area contributed by atoms with Crippen molar-refractivity contribution in [2.45, 2.75) is 52.1 Å². The fraction of sp³-hybridized carbons (Fsp3) is 1.00. The summed E-state index contributed by atoms with van der Waals surface area (Å²) in [5.41, 5.74) is 0.366. The molecular formula is C16H31NO2. The Kier molecular flexibility index (Phi) is 5.67. The van der Waals surface area contributed by atoms with Gasteiger partial charge >= 0.3 is 0 Å². The monoisotopic (exact) mass is 269 g/mol. The van der Waals surface area contributed by atoms with Crippen LogP contribution in [0.3, 0.4) is 0 Å². The highest BCUT2D eigenvalue weighted by Crippen LogP contribution is 2.52. The maximum absolute atomic E-state index is 6.15. The molecule has 0 radical (unpaired) electrons. The summed E-state index contributed by atoms with van der Waals surface area (Å²) in [6.07, 6.45) is 7.09. The van der Waals surface area contributed by atoms with Crippen molar-refractivity contribution in [3.63, 3.8) is 0 Å². The Hall–Kier alpha value is -0.120. The van der Waals surface area contributed by atoms with Gasteiger partial charge in [0, 0.05) is 32.2 Å². The van der Waals surface area contributed by atoms with Crippen molar-refractivity contribution < 1.29 is 9.47 Å². The van der Waals surface area contributed by atoms with Crippen LogP contribution < -0.4 is 5.32 Å². The molecule has 0 aromatic rings. The smallest absolute Gasteiger partial charge is 0.0674 e. The molecule has 1 N–H and O–H groups in total. The van der Waals surface area contributed by atoms with Crippen LogP contribution in [0.2, 0.25) is 0 Å². The molecule has 3 nitrogen and oxygen atoms in total. The van der Waals surface area contributed by atoms with Gasteiger partial charge in [0.05, 0.1) is 12.7 Å². The third kappa shape index (κ3) is 3.50. The number of methoxy groups -OCH3 is 1. The molecule has 0 bridgehead atoms. The SMILES string of the molecule is CCCC(C)C1(CNCCOC)CCOC1C1CC1. The van der Waals surface area contributed by atoms with Gasteiger partial charge in [-0.3, -0.25) is 0 Å². The minimum absolute atomic E-state index is 0.366. The summed E-state index contributed by atoms with van der Waals surface area (Å²) in [6.45, 7) is 8.54. The predicted octanol–water partition coefficient (Wildman–Crippen LogP) is 2.84. The molecule has 1 heterocycles. The largest absolute Gasteiger partial charge is 0.383 e. The van der Waals surface area contributed by atoms with Crippen LogP contribution in [0.25, 0.3) is 0 Å². The Bertz CT molecular complexity index is 267.